The van der Waals surface area contributed by atoms with E-state index in [2.05, 4.69) is 9.88 Å². The van der Waals surface area contributed by atoms with Crippen LogP contribution in [-0.2, 0) is 16.6 Å². The number of aryl methyl sites for hydroxylation is 1. The summed E-state index contributed by atoms with van der Waals surface area (Å²) in [4.78, 5) is 0.243. The van der Waals surface area contributed by atoms with Crippen LogP contribution in [0, 0.1) is 6.92 Å². The maximum atomic E-state index is 13.2. The van der Waals surface area contributed by atoms with Gasteiger partial charge in [-0.15, -0.1) is 0 Å². The number of sulfonamides is 1. The van der Waals surface area contributed by atoms with Crippen LogP contribution in [0.1, 0.15) is 43.5 Å². The van der Waals surface area contributed by atoms with Crippen molar-refractivity contribution in [3.63, 3.8) is 0 Å². The lowest BCUT2D eigenvalue weighted by molar-refractivity contribution is 0.336. The van der Waals surface area contributed by atoms with Crippen LogP contribution in [0.5, 0.6) is 5.75 Å². The van der Waals surface area contributed by atoms with E-state index in [4.69, 9.17) is 9.26 Å². The summed E-state index contributed by atoms with van der Waals surface area (Å²) in [7, 11) is -3.76. The first-order valence-electron chi connectivity index (χ1n) is 9.60. The van der Waals surface area contributed by atoms with Gasteiger partial charge in [0.25, 0.3) is 0 Å². The van der Waals surface area contributed by atoms with Crippen molar-refractivity contribution in [3.8, 4) is 17.1 Å². The van der Waals surface area contributed by atoms with Crippen molar-refractivity contribution in [1.82, 2.24) is 9.88 Å². The van der Waals surface area contributed by atoms with Crippen molar-refractivity contribution in [2.75, 3.05) is 6.61 Å². The Kier molecular flexibility index (Phi) is 6.39. The van der Waals surface area contributed by atoms with Crippen LogP contribution in [0.4, 0.5) is 0 Å². The van der Waals surface area contributed by atoms with Crippen molar-refractivity contribution in [2.45, 2.75) is 45.1 Å². The van der Waals surface area contributed by atoms with Crippen molar-refractivity contribution in [2.24, 2.45) is 0 Å². The molecular weight excluding hydrogens is 388 g/mol. The van der Waals surface area contributed by atoms with Gasteiger partial charge in [0.15, 0.2) is 5.76 Å². The number of hydrogen-bond acceptors (Lipinski definition) is 5. The topological polar surface area (TPSA) is 81.4 Å². The van der Waals surface area contributed by atoms with Crippen molar-refractivity contribution in [3.05, 3.63) is 65.4 Å². The molecule has 0 saturated heterocycles. The van der Waals surface area contributed by atoms with Gasteiger partial charge in [-0.3, -0.25) is 0 Å². The van der Waals surface area contributed by atoms with Gasteiger partial charge in [0, 0.05) is 23.7 Å². The minimum absolute atomic E-state index is 0.0443. The molecular formula is C22H26N2O4S. The number of nitrogens with zero attached hydrogens (tertiary/aromatic N) is 1. The summed E-state index contributed by atoms with van der Waals surface area (Å²) in [6.07, 6.45) is 0. The number of hydrogen-bond donors (Lipinski definition) is 1. The van der Waals surface area contributed by atoms with Gasteiger partial charge < -0.3 is 9.26 Å². The van der Waals surface area contributed by atoms with Gasteiger partial charge >= 0.3 is 0 Å². The Morgan fingerprint density at radius 3 is 2.55 bits per heavy atom. The fraction of sp³-hybridized carbons (Fsp3) is 0.318. The molecule has 0 amide bonds. The molecule has 0 unspecified atom stereocenters. The SMILES string of the molecule is CCOc1ccccc1CNS(=O)(=O)c1cc(-c2cc(C)no2)ccc1C(C)C. The minimum atomic E-state index is -3.76. The van der Waals surface area contributed by atoms with Crippen molar-refractivity contribution in [1.29, 1.82) is 0 Å². The van der Waals surface area contributed by atoms with E-state index in [1.165, 1.54) is 0 Å². The van der Waals surface area contributed by atoms with E-state index in [0.29, 0.717) is 23.7 Å². The van der Waals surface area contributed by atoms with E-state index in [-0.39, 0.29) is 17.4 Å². The molecule has 3 aromatic rings. The van der Waals surface area contributed by atoms with Crippen molar-refractivity contribution >= 4 is 10.0 Å². The van der Waals surface area contributed by atoms with Gasteiger partial charge in [0.1, 0.15) is 5.75 Å². The molecule has 29 heavy (non-hydrogen) atoms. The highest BCUT2D eigenvalue weighted by molar-refractivity contribution is 7.89. The number of ether oxygens (including phenoxy) is 1. The largest absolute Gasteiger partial charge is 0.494 e. The Hall–Kier alpha value is -2.64. The summed E-state index contributed by atoms with van der Waals surface area (Å²) in [5.74, 6) is 1.26. The molecule has 7 heteroatoms. The van der Waals surface area contributed by atoms with Gasteiger partial charge in [-0.1, -0.05) is 49.3 Å². The number of nitrogens with one attached hydrogen (secondary N) is 1. The fourth-order valence-corrected chi connectivity index (χ4v) is 4.49. The quantitative estimate of drug-likeness (QED) is 0.580. The van der Waals surface area contributed by atoms with Crippen LogP contribution in [0.15, 0.2) is 57.9 Å². The second kappa shape index (κ2) is 8.80. The molecule has 3 rings (SSSR count). The summed E-state index contributed by atoms with van der Waals surface area (Å²) in [5, 5.41) is 3.89. The summed E-state index contributed by atoms with van der Waals surface area (Å²) in [6, 6.07) is 14.5. The smallest absolute Gasteiger partial charge is 0.241 e. The lowest BCUT2D eigenvalue weighted by Crippen LogP contribution is -2.25. The lowest BCUT2D eigenvalue weighted by Gasteiger charge is -2.16. The molecule has 0 fully saturated rings. The molecule has 0 saturated carbocycles. The maximum absolute atomic E-state index is 13.2. The van der Waals surface area contributed by atoms with Gasteiger partial charge in [0.05, 0.1) is 17.2 Å². The molecule has 0 bridgehead atoms. The number of para-hydroxylation sites is 1. The monoisotopic (exact) mass is 414 g/mol. The Morgan fingerprint density at radius 2 is 1.90 bits per heavy atom. The molecule has 2 aromatic carbocycles. The van der Waals surface area contributed by atoms with Crippen LogP contribution < -0.4 is 9.46 Å². The van der Waals surface area contributed by atoms with Gasteiger partial charge in [0.2, 0.25) is 10.0 Å². The standard InChI is InChI=1S/C22H26N2O4S/c1-5-27-20-9-7-6-8-18(20)14-23-29(25,26)22-13-17(10-11-19(22)15(2)3)21-12-16(4)24-28-21/h6-13,15,23H,5,14H2,1-4H3. The molecule has 0 aliphatic rings. The fourth-order valence-electron chi connectivity index (χ4n) is 3.09. The average Bonchev–Trinajstić information content (AvgIpc) is 3.13. The lowest BCUT2D eigenvalue weighted by atomic mass is 10.0. The molecule has 6 nitrogen and oxygen atoms in total. The summed E-state index contributed by atoms with van der Waals surface area (Å²) in [5.41, 5.74) is 2.94. The van der Waals surface area contributed by atoms with Crippen LogP contribution in [0.25, 0.3) is 11.3 Å². The zero-order chi connectivity index (χ0) is 21.0. The van der Waals surface area contributed by atoms with Gasteiger partial charge in [-0.2, -0.15) is 0 Å². The second-order valence-electron chi connectivity index (χ2n) is 7.11. The summed E-state index contributed by atoms with van der Waals surface area (Å²) < 4.78 is 40.0. The second-order valence-corrected chi connectivity index (χ2v) is 8.84. The molecule has 0 aliphatic heterocycles. The maximum Gasteiger partial charge on any atom is 0.241 e. The number of rotatable bonds is 8. The highest BCUT2D eigenvalue weighted by Gasteiger charge is 2.22. The molecule has 1 N–H and O–H groups in total. The van der Waals surface area contributed by atoms with Gasteiger partial charge in [-0.05, 0) is 37.5 Å². The predicted octanol–water partition coefficient (Wildman–Crippen LogP) is 4.65. The highest BCUT2D eigenvalue weighted by Crippen LogP contribution is 2.30. The molecule has 1 aromatic heterocycles. The van der Waals surface area contributed by atoms with Crippen molar-refractivity contribution < 1.29 is 17.7 Å². The van der Waals surface area contributed by atoms with E-state index >= 15 is 0 Å². The normalized spacial score (nSPS) is 11.8. The van der Waals surface area contributed by atoms with Crippen LogP contribution in [0.2, 0.25) is 0 Å². The number of benzene rings is 2. The molecule has 0 spiro atoms. The third kappa shape index (κ3) is 4.86. The van der Waals surface area contributed by atoms with E-state index in [9.17, 15) is 8.42 Å². The summed E-state index contributed by atoms with van der Waals surface area (Å²) >= 11 is 0. The third-order valence-corrected chi connectivity index (χ3v) is 6.02. The molecule has 154 valence electrons. The molecule has 0 radical (unpaired) electrons. The Labute approximate surface area is 171 Å². The first-order valence-corrected chi connectivity index (χ1v) is 11.1. The Balaban J connectivity index is 1.94. The Bertz CT molecular complexity index is 1090. The first-order chi connectivity index (χ1) is 13.8. The average molecular weight is 415 g/mol. The zero-order valence-corrected chi connectivity index (χ0v) is 17.9. The third-order valence-electron chi connectivity index (χ3n) is 4.56. The predicted molar refractivity (Wildman–Crippen MR) is 112 cm³/mol. The van der Waals surface area contributed by atoms with E-state index < -0.39 is 10.0 Å². The number of aromatic nitrogens is 1. The van der Waals surface area contributed by atoms with Gasteiger partial charge in [-0.25, -0.2) is 13.1 Å². The van der Waals surface area contributed by atoms with Crippen LogP contribution in [0.3, 0.4) is 0 Å². The molecule has 0 aliphatic carbocycles. The zero-order valence-electron chi connectivity index (χ0n) is 17.1. The summed E-state index contributed by atoms with van der Waals surface area (Å²) in [6.45, 7) is 8.31. The van der Waals surface area contributed by atoms with Crippen LogP contribution >= 0.6 is 0 Å². The van der Waals surface area contributed by atoms with E-state index in [1.807, 2.05) is 64.1 Å². The van der Waals surface area contributed by atoms with Crippen LogP contribution in [-0.4, -0.2) is 20.2 Å². The minimum Gasteiger partial charge on any atom is -0.494 e. The first kappa shape index (κ1) is 21.1. The highest BCUT2D eigenvalue weighted by atomic mass is 32.2. The Morgan fingerprint density at radius 1 is 1.14 bits per heavy atom. The molecule has 0 atom stereocenters. The van der Waals surface area contributed by atoms with E-state index in [1.54, 1.807) is 12.1 Å². The van der Waals surface area contributed by atoms with E-state index in [0.717, 1.165) is 16.8 Å². The molecule has 1 heterocycles.